The van der Waals surface area contributed by atoms with E-state index in [-0.39, 0.29) is 23.6 Å². The number of hydrogen-bond acceptors (Lipinski definition) is 4. The topological polar surface area (TPSA) is 79.0 Å². The Morgan fingerprint density at radius 3 is 2.34 bits per heavy atom. The first-order valence-electron chi connectivity index (χ1n) is 12.6. The van der Waals surface area contributed by atoms with E-state index in [0.717, 1.165) is 17.5 Å². The Hall–Kier alpha value is -3.19. The molecule has 0 radical (unpaired) electrons. The number of likely N-dealkylation sites (tertiary alicyclic amines) is 1. The highest BCUT2D eigenvalue weighted by atomic mass is 16.5. The third kappa shape index (κ3) is 6.69. The maximum Gasteiger partial charge on any atom is 0.251 e. The fraction of sp³-hybridized carbons (Fsp3) is 0.464. The van der Waals surface area contributed by atoms with Gasteiger partial charge in [-0.2, -0.15) is 0 Å². The second-order valence-corrected chi connectivity index (χ2v) is 9.46. The van der Waals surface area contributed by atoms with Crippen LogP contribution in [0.15, 0.2) is 54.6 Å². The molecule has 4 rings (SSSR count). The van der Waals surface area contributed by atoms with Crippen LogP contribution in [0.2, 0.25) is 0 Å². The maximum absolute atomic E-state index is 13.5. The molecule has 0 saturated carbocycles. The van der Waals surface area contributed by atoms with Crippen molar-refractivity contribution < 1.29 is 19.1 Å². The molecule has 0 aliphatic carbocycles. The van der Waals surface area contributed by atoms with Gasteiger partial charge in [0.25, 0.3) is 5.91 Å². The fourth-order valence-electron chi connectivity index (χ4n) is 4.91. The van der Waals surface area contributed by atoms with Gasteiger partial charge in [-0.1, -0.05) is 48.0 Å². The van der Waals surface area contributed by atoms with E-state index in [4.69, 9.17) is 4.74 Å². The van der Waals surface area contributed by atoms with Crippen LogP contribution in [0.3, 0.4) is 0 Å². The first-order chi connectivity index (χ1) is 17.0. The molecule has 2 aromatic rings. The molecule has 1 atom stereocenters. The minimum Gasteiger partial charge on any atom is -0.378 e. The highest BCUT2D eigenvalue weighted by Gasteiger charge is 2.36. The lowest BCUT2D eigenvalue weighted by Gasteiger charge is -2.38. The van der Waals surface area contributed by atoms with Gasteiger partial charge in [0.15, 0.2) is 0 Å². The average molecular weight is 478 g/mol. The zero-order valence-corrected chi connectivity index (χ0v) is 20.4. The van der Waals surface area contributed by atoms with E-state index in [2.05, 4.69) is 5.32 Å². The molecule has 1 N–H and O–H groups in total. The van der Waals surface area contributed by atoms with E-state index in [1.165, 1.54) is 0 Å². The molecule has 7 nitrogen and oxygen atoms in total. The van der Waals surface area contributed by atoms with E-state index in [1.807, 2.05) is 60.4 Å². The monoisotopic (exact) mass is 477 g/mol. The highest BCUT2D eigenvalue weighted by molar-refractivity contribution is 5.97. The number of nitrogens with zero attached hydrogens (tertiary/aromatic N) is 2. The number of nitrogens with one attached hydrogen (secondary N) is 1. The van der Waals surface area contributed by atoms with Crippen molar-refractivity contribution in [3.8, 4) is 0 Å². The smallest absolute Gasteiger partial charge is 0.251 e. The predicted octanol–water partition coefficient (Wildman–Crippen LogP) is 2.82. The summed E-state index contributed by atoms with van der Waals surface area (Å²) in [4.78, 5) is 43.0. The van der Waals surface area contributed by atoms with Crippen LogP contribution in [0, 0.1) is 12.8 Å². The van der Waals surface area contributed by atoms with Crippen molar-refractivity contribution in [1.29, 1.82) is 0 Å². The molecule has 2 heterocycles. The van der Waals surface area contributed by atoms with Crippen molar-refractivity contribution in [3.05, 3.63) is 71.3 Å². The molecular formula is C28H35N3O4. The highest BCUT2D eigenvalue weighted by Crippen LogP contribution is 2.24. The Labute approximate surface area is 207 Å². The van der Waals surface area contributed by atoms with Crippen molar-refractivity contribution in [2.75, 3.05) is 39.4 Å². The van der Waals surface area contributed by atoms with Gasteiger partial charge in [-0.3, -0.25) is 14.4 Å². The van der Waals surface area contributed by atoms with Crippen LogP contribution < -0.4 is 5.32 Å². The number of amides is 3. The molecule has 7 heteroatoms. The minimum atomic E-state index is -0.609. The Bertz CT molecular complexity index is 1010. The van der Waals surface area contributed by atoms with Gasteiger partial charge in [-0.15, -0.1) is 0 Å². The lowest BCUT2D eigenvalue weighted by atomic mass is 9.87. The minimum absolute atomic E-state index is 0.0164. The second kappa shape index (κ2) is 12.0. The lowest BCUT2D eigenvalue weighted by molar-refractivity contribution is -0.139. The number of rotatable bonds is 7. The number of morpholine rings is 1. The SMILES string of the molecule is Cc1cccc(C(=O)NC(C(=O)N2CCOCC2)C2CCN(C(=O)CCc3ccccc3)CC2)c1. The van der Waals surface area contributed by atoms with Gasteiger partial charge < -0.3 is 19.9 Å². The van der Waals surface area contributed by atoms with Crippen LogP contribution >= 0.6 is 0 Å². The zero-order chi connectivity index (χ0) is 24.6. The summed E-state index contributed by atoms with van der Waals surface area (Å²) >= 11 is 0. The van der Waals surface area contributed by atoms with Crippen molar-refractivity contribution >= 4 is 17.7 Å². The van der Waals surface area contributed by atoms with Gasteiger partial charge in [0.05, 0.1) is 13.2 Å². The van der Waals surface area contributed by atoms with E-state index >= 15 is 0 Å². The molecule has 2 fully saturated rings. The van der Waals surface area contributed by atoms with Crippen LogP contribution in [0.5, 0.6) is 0 Å². The summed E-state index contributed by atoms with van der Waals surface area (Å²) in [6.45, 7) is 5.24. The van der Waals surface area contributed by atoms with E-state index in [9.17, 15) is 14.4 Å². The number of carbonyl (C=O) groups excluding carboxylic acids is 3. The molecule has 35 heavy (non-hydrogen) atoms. The number of ether oxygens (including phenoxy) is 1. The number of hydrogen-bond donors (Lipinski definition) is 1. The lowest BCUT2D eigenvalue weighted by Crippen LogP contribution is -2.56. The molecule has 1 unspecified atom stereocenters. The summed E-state index contributed by atoms with van der Waals surface area (Å²) in [6, 6.07) is 16.8. The third-order valence-corrected chi connectivity index (χ3v) is 6.99. The van der Waals surface area contributed by atoms with Gasteiger partial charge in [-0.25, -0.2) is 0 Å². The van der Waals surface area contributed by atoms with Gasteiger partial charge in [0.1, 0.15) is 6.04 Å². The molecule has 3 amide bonds. The summed E-state index contributed by atoms with van der Waals surface area (Å²) in [7, 11) is 0. The van der Waals surface area contributed by atoms with E-state index in [0.29, 0.717) is 64.2 Å². The van der Waals surface area contributed by atoms with Crippen LogP contribution in [0.4, 0.5) is 0 Å². The zero-order valence-electron chi connectivity index (χ0n) is 20.4. The van der Waals surface area contributed by atoms with Crippen molar-refractivity contribution in [3.63, 3.8) is 0 Å². The van der Waals surface area contributed by atoms with Crippen LogP contribution in [0.25, 0.3) is 0 Å². The molecule has 186 valence electrons. The largest absolute Gasteiger partial charge is 0.378 e. The normalized spacial score (nSPS) is 17.6. The van der Waals surface area contributed by atoms with Crippen LogP contribution in [-0.4, -0.2) is 73.0 Å². The Morgan fingerprint density at radius 2 is 1.66 bits per heavy atom. The fourth-order valence-corrected chi connectivity index (χ4v) is 4.91. The van der Waals surface area contributed by atoms with Crippen molar-refractivity contribution in [2.24, 2.45) is 5.92 Å². The molecule has 2 saturated heterocycles. The first-order valence-corrected chi connectivity index (χ1v) is 12.6. The van der Waals surface area contributed by atoms with Crippen molar-refractivity contribution in [2.45, 2.75) is 38.6 Å². The summed E-state index contributed by atoms with van der Waals surface area (Å²) in [5, 5.41) is 3.04. The number of aryl methyl sites for hydroxylation is 2. The average Bonchev–Trinajstić information content (AvgIpc) is 2.91. The van der Waals surface area contributed by atoms with Crippen LogP contribution in [0.1, 0.15) is 40.7 Å². The molecule has 0 aromatic heterocycles. The number of piperidine rings is 1. The number of carbonyl (C=O) groups is 3. The van der Waals surface area contributed by atoms with Gasteiger partial charge in [0.2, 0.25) is 11.8 Å². The quantitative estimate of drug-likeness (QED) is 0.665. The molecule has 0 spiro atoms. The predicted molar refractivity (Wildman–Crippen MR) is 134 cm³/mol. The Morgan fingerprint density at radius 1 is 0.943 bits per heavy atom. The molecule has 2 aliphatic heterocycles. The third-order valence-electron chi connectivity index (χ3n) is 6.99. The van der Waals surface area contributed by atoms with E-state index in [1.54, 1.807) is 11.0 Å². The van der Waals surface area contributed by atoms with E-state index < -0.39 is 6.04 Å². The van der Waals surface area contributed by atoms with Crippen LogP contribution in [-0.2, 0) is 20.7 Å². The number of benzene rings is 2. The second-order valence-electron chi connectivity index (χ2n) is 9.46. The summed E-state index contributed by atoms with van der Waals surface area (Å²) in [5.74, 6) is -0.158. The Kier molecular flexibility index (Phi) is 8.53. The van der Waals surface area contributed by atoms with Crippen molar-refractivity contribution in [1.82, 2.24) is 15.1 Å². The maximum atomic E-state index is 13.5. The molecule has 2 aliphatic rings. The molecule has 2 aromatic carbocycles. The first kappa shape index (κ1) is 24.9. The molecular weight excluding hydrogens is 442 g/mol. The van der Waals surface area contributed by atoms with Gasteiger partial charge in [0, 0.05) is 38.2 Å². The Balaban J connectivity index is 1.39. The summed E-state index contributed by atoms with van der Waals surface area (Å²) in [5.41, 5.74) is 2.71. The summed E-state index contributed by atoms with van der Waals surface area (Å²) < 4.78 is 5.41. The van der Waals surface area contributed by atoms with Gasteiger partial charge >= 0.3 is 0 Å². The van der Waals surface area contributed by atoms with Gasteiger partial charge in [-0.05, 0) is 49.8 Å². The standard InChI is InChI=1S/C28H35N3O4/c1-21-6-5-9-24(20-21)27(33)29-26(28(34)31-16-18-35-19-17-31)23-12-14-30(15-13-23)25(32)11-10-22-7-3-2-4-8-22/h2-9,20,23,26H,10-19H2,1H3,(H,29,33). The molecule has 0 bridgehead atoms. The summed E-state index contributed by atoms with van der Waals surface area (Å²) in [6.07, 6.45) is 2.58.